The van der Waals surface area contributed by atoms with Gasteiger partial charge in [-0.05, 0) is 25.0 Å². The molecular weight excluding hydrogens is 313 g/mol. The Morgan fingerprint density at radius 3 is 2.52 bits per heavy atom. The van der Waals surface area contributed by atoms with Crippen molar-refractivity contribution in [2.45, 2.75) is 31.8 Å². The van der Waals surface area contributed by atoms with Crippen molar-refractivity contribution in [3.63, 3.8) is 0 Å². The Morgan fingerprint density at radius 2 is 1.95 bits per heavy atom. The number of aliphatic hydroxyl groups is 1. The molecule has 2 atom stereocenters. The molecule has 0 heterocycles. The van der Waals surface area contributed by atoms with Gasteiger partial charge in [-0.1, -0.05) is 36.0 Å². The summed E-state index contributed by atoms with van der Waals surface area (Å²) in [6, 6.07) is 3.05. The van der Waals surface area contributed by atoms with Gasteiger partial charge in [0.2, 0.25) is 0 Å². The lowest BCUT2D eigenvalue weighted by molar-refractivity contribution is 0.0663. The molecule has 2 N–H and O–H groups in total. The normalized spacial score (nSPS) is 21.9. The Morgan fingerprint density at radius 1 is 1.33 bits per heavy atom. The zero-order valence-electron chi connectivity index (χ0n) is 11.9. The second kappa shape index (κ2) is 7.34. The molecule has 0 spiro atoms. The second-order valence-electron chi connectivity index (χ2n) is 5.30. The largest absolute Gasteiger partial charge is 0.494 e. The number of carbonyl (C=O) groups is 1. The number of ether oxygens (including phenoxy) is 1. The van der Waals surface area contributed by atoms with Gasteiger partial charge in [-0.2, -0.15) is 0 Å². The number of amides is 1. The molecule has 0 saturated heterocycles. The van der Waals surface area contributed by atoms with E-state index in [4.69, 9.17) is 27.9 Å². The minimum Gasteiger partial charge on any atom is -0.494 e. The molecule has 2 unspecified atom stereocenters. The summed E-state index contributed by atoms with van der Waals surface area (Å²) in [5, 5.41) is 13.3. The van der Waals surface area contributed by atoms with Crippen LogP contribution >= 0.6 is 23.2 Å². The van der Waals surface area contributed by atoms with E-state index in [1.165, 1.54) is 19.2 Å². The van der Waals surface area contributed by atoms with Crippen LogP contribution < -0.4 is 10.1 Å². The van der Waals surface area contributed by atoms with Crippen LogP contribution in [0.2, 0.25) is 10.0 Å². The average molecular weight is 332 g/mol. The number of halogens is 2. The average Bonchev–Trinajstić information content (AvgIpc) is 2.45. The van der Waals surface area contributed by atoms with Crippen LogP contribution in [0.15, 0.2) is 12.1 Å². The smallest absolute Gasteiger partial charge is 0.251 e. The predicted octanol–water partition coefficient (Wildman–Crippen LogP) is 3.28. The van der Waals surface area contributed by atoms with Gasteiger partial charge in [-0.15, -0.1) is 0 Å². The first-order chi connectivity index (χ1) is 10.0. The third-order valence-corrected chi connectivity index (χ3v) is 4.42. The lowest BCUT2D eigenvalue weighted by atomic mass is 9.86. The van der Waals surface area contributed by atoms with E-state index in [0.717, 1.165) is 25.7 Å². The van der Waals surface area contributed by atoms with Crippen LogP contribution in [-0.4, -0.2) is 30.8 Å². The number of nitrogens with one attached hydrogen (secondary N) is 1. The quantitative estimate of drug-likeness (QED) is 0.890. The number of methoxy groups -OCH3 is 1. The van der Waals surface area contributed by atoms with Crippen molar-refractivity contribution in [1.29, 1.82) is 0 Å². The molecule has 1 amide bonds. The summed E-state index contributed by atoms with van der Waals surface area (Å²) in [6.45, 7) is 0.460. The van der Waals surface area contributed by atoms with Crippen molar-refractivity contribution in [3.05, 3.63) is 27.7 Å². The van der Waals surface area contributed by atoms with Crippen molar-refractivity contribution in [2.24, 2.45) is 5.92 Å². The fraction of sp³-hybridized carbons (Fsp3) is 0.533. The van der Waals surface area contributed by atoms with Gasteiger partial charge in [-0.25, -0.2) is 0 Å². The van der Waals surface area contributed by atoms with Crippen LogP contribution in [0.4, 0.5) is 0 Å². The molecule has 21 heavy (non-hydrogen) atoms. The van der Waals surface area contributed by atoms with Crippen LogP contribution in [0.1, 0.15) is 36.0 Å². The Bertz CT molecular complexity index is 499. The molecule has 1 fully saturated rings. The third kappa shape index (κ3) is 4.02. The number of rotatable bonds is 4. The number of carbonyl (C=O) groups excluding carboxylic acids is 1. The Hall–Kier alpha value is -0.970. The van der Waals surface area contributed by atoms with Crippen LogP contribution in [0.25, 0.3) is 0 Å². The highest BCUT2D eigenvalue weighted by atomic mass is 35.5. The van der Waals surface area contributed by atoms with Gasteiger partial charge in [0.1, 0.15) is 0 Å². The molecule has 1 aromatic carbocycles. The summed E-state index contributed by atoms with van der Waals surface area (Å²) in [6.07, 6.45) is 3.56. The highest BCUT2D eigenvalue weighted by molar-refractivity contribution is 6.37. The molecule has 4 nitrogen and oxygen atoms in total. The van der Waals surface area contributed by atoms with Crippen molar-refractivity contribution in [2.75, 3.05) is 13.7 Å². The first-order valence-electron chi connectivity index (χ1n) is 7.02. The summed E-state index contributed by atoms with van der Waals surface area (Å²) in [5.74, 6) is 0.226. The van der Waals surface area contributed by atoms with Gasteiger partial charge < -0.3 is 15.2 Å². The molecule has 1 aromatic rings. The molecule has 0 bridgehead atoms. The zero-order chi connectivity index (χ0) is 15.4. The van der Waals surface area contributed by atoms with E-state index in [-0.39, 0.29) is 17.9 Å². The monoisotopic (exact) mass is 331 g/mol. The van der Waals surface area contributed by atoms with E-state index in [1.54, 1.807) is 0 Å². The van der Waals surface area contributed by atoms with Gasteiger partial charge >= 0.3 is 0 Å². The van der Waals surface area contributed by atoms with Crippen LogP contribution in [0.3, 0.4) is 0 Å². The minimum absolute atomic E-state index is 0.117. The lowest BCUT2D eigenvalue weighted by Crippen LogP contribution is -2.36. The van der Waals surface area contributed by atoms with Gasteiger partial charge in [0.25, 0.3) is 5.91 Å². The highest BCUT2D eigenvalue weighted by Gasteiger charge is 2.23. The zero-order valence-corrected chi connectivity index (χ0v) is 13.4. The molecule has 6 heteroatoms. The Labute approximate surface area is 134 Å². The Kier molecular flexibility index (Phi) is 5.73. The summed E-state index contributed by atoms with van der Waals surface area (Å²) in [7, 11) is 1.47. The first-order valence-corrected chi connectivity index (χ1v) is 7.77. The van der Waals surface area contributed by atoms with Gasteiger partial charge in [0.05, 0.1) is 23.3 Å². The SMILES string of the molecule is COc1c(Cl)cc(C(=O)NCC2CCCCC2O)cc1Cl. The van der Waals surface area contributed by atoms with Gasteiger partial charge in [-0.3, -0.25) is 4.79 Å². The van der Waals surface area contributed by atoms with Crippen molar-refractivity contribution in [1.82, 2.24) is 5.32 Å². The van der Waals surface area contributed by atoms with Crippen LogP contribution in [-0.2, 0) is 0 Å². The van der Waals surface area contributed by atoms with Gasteiger partial charge in [0, 0.05) is 18.0 Å². The molecule has 2 rings (SSSR count). The first kappa shape index (κ1) is 16.4. The molecule has 0 aromatic heterocycles. The third-order valence-electron chi connectivity index (χ3n) is 3.86. The maximum atomic E-state index is 12.1. The van der Waals surface area contributed by atoms with E-state index in [0.29, 0.717) is 27.9 Å². The standard InChI is InChI=1S/C15H19Cl2NO3/c1-21-14-11(16)6-10(7-12(14)17)15(20)18-8-9-4-2-3-5-13(9)19/h6-7,9,13,19H,2-5,8H2,1H3,(H,18,20). The molecule has 116 valence electrons. The molecule has 1 aliphatic carbocycles. The lowest BCUT2D eigenvalue weighted by Gasteiger charge is -2.27. The molecular formula is C15H19Cl2NO3. The molecule has 0 radical (unpaired) electrons. The molecule has 1 saturated carbocycles. The van der Waals surface area contributed by atoms with E-state index >= 15 is 0 Å². The molecule has 1 aliphatic rings. The fourth-order valence-electron chi connectivity index (χ4n) is 2.64. The Balaban J connectivity index is 2.00. The number of benzene rings is 1. The highest BCUT2D eigenvalue weighted by Crippen LogP contribution is 2.33. The van der Waals surface area contributed by atoms with Crippen LogP contribution in [0.5, 0.6) is 5.75 Å². The molecule has 0 aliphatic heterocycles. The summed E-state index contributed by atoms with van der Waals surface area (Å²) in [5.41, 5.74) is 0.385. The van der Waals surface area contributed by atoms with Crippen LogP contribution in [0, 0.1) is 5.92 Å². The van der Waals surface area contributed by atoms with Crippen molar-refractivity contribution < 1.29 is 14.6 Å². The van der Waals surface area contributed by atoms with Crippen molar-refractivity contribution in [3.8, 4) is 5.75 Å². The maximum Gasteiger partial charge on any atom is 0.251 e. The number of aliphatic hydroxyl groups excluding tert-OH is 1. The summed E-state index contributed by atoms with van der Waals surface area (Å²) < 4.78 is 5.05. The topological polar surface area (TPSA) is 58.6 Å². The van der Waals surface area contributed by atoms with Gasteiger partial charge in [0.15, 0.2) is 5.75 Å². The summed E-state index contributed by atoms with van der Waals surface area (Å²) in [4.78, 5) is 12.1. The van der Waals surface area contributed by atoms with E-state index in [9.17, 15) is 9.90 Å². The summed E-state index contributed by atoms with van der Waals surface area (Å²) >= 11 is 12.0. The van der Waals surface area contributed by atoms with E-state index in [2.05, 4.69) is 5.32 Å². The predicted molar refractivity (Wildman–Crippen MR) is 83.3 cm³/mol. The minimum atomic E-state index is -0.331. The van der Waals surface area contributed by atoms with E-state index < -0.39 is 0 Å². The maximum absolute atomic E-state index is 12.1. The van der Waals surface area contributed by atoms with Crippen molar-refractivity contribution >= 4 is 29.1 Å². The second-order valence-corrected chi connectivity index (χ2v) is 6.11. The van der Waals surface area contributed by atoms with E-state index in [1.807, 2.05) is 0 Å². The fourth-order valence-corrected chi connectivity index (χ4v) is 3.28. The number of hydrogen-bond acceptors (Lipinski definition) is 3. The number of hydrogen-bond donors (Lipinski definition) is 2.